The Hall–Kier alpha value is -2.35. The van der Waals surface area contributed by atoms with Crippen LogP contribution in [0, 0.1) is 11.3 Å². The first-order valence-electron chi connectivity index (χ1n) is 6.48. The molecule has 0 unspecified atom stereocenters. The molecular weight excluding hydrogens is 319 g/mol. The average Bonchev–Trinajstić information content (AvgIpc) is 2.52. The Bertz CT molecular complexity index is 902. The fourth-order valence-electron chi connectivity index (χ4n) is 2.39. The lowest BCUT2D eigenvalue weighted by molar-refractivity contribution is 1.18. The Kier molecular flexibility index (Phi) is 3.84. The number of hydrogen-bond acceptors (Lipinski definition) is 4. The number of fused-ring (bicyclic) bond motifs is 1. The van der Waals surface area contributed by atoms with Crippen molar-refractivity contribution in [2.75, 3.05) is 5.73 Å². The zero-order valence-electron chi connectivity index (χ0n) is 11.3. The van der Waals surface area contributed by atoms with Gasteiger partial charge in [-0.1, -0.05) is 53.5 Å². The zero-order chi connectivity index (χ0) is 15.7. The highest BCUT2D eigenvalue weighted by atomic mass is 35.5. The molecule has 0 saturated carbocycles. The highest BCUT2D eigenvalue weighted by Crippen LogP contribution is 2.34. The van der Waals surface area contributed by atoms with Crippen molar-refractivity contribution in [2.45, 2.75) is 6.42 Å². The van der Waals surface area contributed by atoms with Crippen LogP contribution in [0.3, 0.4) is 0 Å². The Morgan fingerprint density at radius 3 is 2.59 bits per heavy atom. The summed E-state index contributed by atoms with van der Waals surface area (Å²) in [6, 6.07) is 11.9. The molecule has 2 heterocycles. The highest BCUT2D eigenvalue weighted by molar-refractivity contribution is 6.44. The second-order valence-corrected chi connectivity index (χ2v) is 5.48. The van der Waals surface area contributed by atoms with Gasteiger partial charge in [-0.05, 0) is 17.5 Å². The van der Waals surface area contributed by atoms with E-state index in [1.807, 2.05) is 30.3 Å². The van der Waals surface area contributed by atoms with Crippen LogP contribution in [-0.2, 0) is 6.42 Å². The molecule has 0 amide bonds. The molecule has 2 aromatic heterocycles. The van der Waals surface area contributed by atoms with E-state index in [9.17, 15) is 5.26 Å². The fourth-order valence-corrected chi connectivity index (χ4v) is 2.80. The summed E-state index contributed by atoms with van der Waals surface area (Å²) in [7, 11) is 0. The Labute approximate surface area is 137 Å². The van der Waals surface area contributed by atoms with Gasteiger partial charge in [-0.15, -0.1) is 0 Å². The third-order valence-corrected chi connectivity index (χ3v) is 4.14. The van der Waals surface area contributed by atoms with Crippen LogP contribution in [0.25, 0.3) is 10.9 Å². The van der Waals surface area contributed by atoms with E-state index < -0.39 is 0 Å². The molecule has 0 atom stereocenters. The molecule has 0 radical (unpaired) electrons. The third-order valence-electron chi connectivity index (χ3n) is 3.39. The van der Waals surface area contributed by atoms with Crippen LogP contribution in [0.1, 0.15) is 16.7 Å². The van der Waals surface area contributed by atoms with Crippen molar-refractivity contribution >= 4 is 39.9 Å². The standard InChI is InChI=1S/C16H10Cl2N4/c17-14-13-10(6-9-4-2-1-3-5-9)11(7-19)16(20)22-12(13)8-21-15(14)18/h1-5,8H,6H2,(H2,20,22). The summed E-state index contributed by atoms with van der Waals surface area (Å²) in [4.78, 5) is 8.18. The van der Waals surface area contributed by atoms with E-state index in [4.69, 9.17) is 28.9 Å². The number of aromatic nitrogens is 2. The van der Waals surface area contributed by atoms with E-state index in [2.05, 4.69) is 16.0 Å². The van der Waals surface area contributed by atoms with Gasteiger partial charge in [0.05, 0.1) is 22.3 Å². The topological polar surface area (TPSA) is 75.6 Å². The number of hydrogen-bond donors (Lipinski definition) is 1. The number of pyridine rings is 2. The largest absolute Gasteiger partial charge is 0.383 e. The summed E-state index contributed by atoms with van der Waals surface area (Å²) in [6.45, 7) is 0. The summed E-state index contributed by atoms with van der Waals surface area (Å²) in [5.41, 5.74) is 8.50. The molecule has 2 N–H and O–H groups in total. The van der Waals surface area contributed by atoms with Gasteiger partial charge in [0.15, 0.2) is 0 Å². The van der Waals surface area contributed by atoms with Gasteiger partial charge in [0, 0.05) is 5.39 Å². The maximum atomic E-state index is 9.44. The molecule has 3 rings (SSSR count). The molecule has 0 aliphatic carbocycles. The minimum absolute atomic E-state index is 0.168. The number of nitrogen functional groups attached to an aromatic ring is 1. The first-order valence-corrected chi connectivity index (χ1v) is 7.23. The predicted octanol–water partition coefficient (Wildman–Crippen LogP) is 3.98. The monoisotopic (exact) mass is 328 g/mol. The molecule has 3 aromatic rings. The number of nitriles is 1. The van der Waals surface area contributed by atoms with Gasteiger partial charge in [-0.3, -0.25) is 0 Å². The van der Waals surface area contributed by atoms with Gasteiger partial charge >= 0.3 is 0 Å². The molecule has 108 valence electrons. The van der Waals surface area contributed by atoms with Crippen molar-refractivity contribution in [3.63, 3.8) is 0 Å². The molecule has 22 heavy (non-hydrogen) atoms. The Balaban J connectivity index is 2.34. The second kappa shape index (κ2) is 5.80. The van der Waals surface area contributed by atoms with Crippen LogP contribution in [0.4, 0.5) is 5.82 Å². The number of nitrogens with two attached hydrogens (primary N) is 1. The van der Waals surface area contributed by atoms with E-state index in [-0.39, 0.29) is 16.0 Å². The normalized spacial score (nSPS) is 10.6. The first-order chi connectivity index (χ1) is 10.6. The van der Waals surface area contributed by atoms with Gasteiger partial charge in [0.1, 0.15) is 17.0 Å². The number of anilines is 1. The van der Waals surface area contributed by atoms with Crippen LogP contribution in [0.5, 0.6) is 0 Å². The summed E-state index contributed by atoms with van der Waals surface area (Å²) in [5.74, 6) is 0.168. The van der Waals surface area contributed by atoms with E-state index >= 15 is 0 Å². The third kappa shape index (κ3) is 2.45. The average molecular weight is 329 g/mol. The first kappa shape index (κ1) is 14.6. The summed E-state index contributed by atoms with van der Waals surface area (Å²) < 4.78 is 0. The van der Waals surface area contributed by atoms with E-state index in [1.165, 1.54) is 6.20 Å². The minimum Gasteiger partial charge on any atom is -0.383 e. The lowest BCUT2D eigenvalue weighted by atomic mass is 9.97. The molecule has 0 saturated heterocycles. The van der Waals surface area contributed by atoms with Gasteiger partial charge in [-0.25, -0.2) is 9.97 Å². The van der Waals surface area contributed by atoms with Crippen LogP contribution in [0.2, 0.25) is 10.2 Å². The molecule has 4 nitrogen and oxygen atoms in total. The summed E-state index contributed by atoms with van der Waals surface area (Å²) in [6.07, 6.45) is 2.02. The number of benzene rings is 1. The van der Waals surface area contributed by atoms with Crippen molar-refractivity contribution in [2.24, 2.45) is 0 Å². The van der Waals surface area contributed by atoms with E-state index in [1.54, 1.807) is 0 Å². The smallest absolute Gasteiger partial charge is 0.148 e. The molecular formula is C16H10Cl2N4. The summed E-state index contributed by atoms with van der Waals surface area (Å²) in [5, 5.41) is 10.5. The predicted molar refractivity (Wildman–Crippen MR) is 87.9 cm³/mol. The van der Waals surface area contributed by atoms with E-state index in [0.29, 0.717) is 28.5 Å². The van der Waals surface area contributed by atoms with Crippen LogP contribution < -0.4 is 5.73 Å². The minimum atomic E-state index is 0.168. The van der Waals surface area contributed by atoms with Gasteiger partial charge in [0.25, 0.3) is 0 Å². The molecule has 0 bridgehead atoms. The Morgan fingerprint density at radius 1 is 1.18 bits per heavy atom. The van der Waals surface area contributed by atoms with Gasteiger partial charge < -0.3 is 5.73 Å². The summed E-state index contributed by atoms with van der Waals surface area (Å²) >= 11 is 12.3. The lowest BCUT2D eigenvalue weighted by Gasteiger charge is -2.12. The lowest BCUT2D eigenvalue weighted by Crippen LogP contribution is -2.03. The second-order valence-electron chi connectivity index (χ2n) is 4.75. The fraction of sp³-hybridized carbons (Fsp3) is 0.0625. The quantitative estimate of drug-likeness (QED) is 0.722. The highest BCUT2D eigenvalue weighted by Gasteiger charge is 2.18. The molecule has 6 heteroatoms. The van der Waals surface area contributed by atoms with Crippen molar-refractivity contribution in [3.05, 3.63) is 63.4 Å². The van der Waals surface area contributed by atoms with Crippen LogP contribution >= 0.6 is 23.2 Å². The maximum Gasteiger partial charge on any atom is 0.148 e. The Morgan fingerprint density at radius 2 is 1.91 bits per heavy atom. The van der Waals surface area contributed by atoms with Crippen LogP contribution in [0.15, 0.2) is 36.5 Å². The van der Waals surface area contributed by atoms with Crippen molar-refractivity contribution < 1.29 is 0 Å². The number of nitrogens with zero attached hydrogens (tertiary/aromatic N) is 3. The molecule has 0 aliphatic rings. The number of rotatable bonds is 2. The molecule has 0 aliphatic heterocycles. The van der Waals surface area contributed by atoms with Gasteiger partial charge in [0.2, 0.25) is 0 Å². The number of halogens is 2. The van der Waals surface area contributed by atoms with Gasteiger partial charge in [-0.2, -0.15) is 5.26 Å². The molecule has 0 fully saturated rings. The SMILES string of the molecule is N#Cc1c(N)nc2cnc(Cl)c(Cl)c2c1Cc1ccccc1. The molecule has 1 aromatic carbocycles. The zero-order valence-corrected chi connectivity index (χ0v) is 12.9. The van der Waals surface area contributed by atoms with E-state index in [0.717, 1.165) is 5.56 Å². The van der Waals surface area contributed by atoms with Crippen molar-refractivity contribution in [3.8, 4) is 6.07 Å². The van der Waals surface area contributed by atoms with Crippen molar-refractivity contribution in [1.29, 1.82) is 5.26 Å². The maximum absolute atomic E-state index is 9.44. The molecule has 0 spiro atoms. The van der Waals surface area contributed by atoms with Crippen LogP contribution in [-0.4, -0.2) is 9.97 Å². The van der Waals surface area contributed by atoms with Crippen molar-refractivity contribution in [1.82, 2.24) is 9.97 Å².